The number of halogens is 4. The first-order chi connectivity index (χ1) is 17.3. The van der Waals surface area contributed by atoms with Crippen LogP contribution in [0.1, 0.15) is 0 Å². The molecule has 0 fully saturated rings. The largest absolute Gasteiger partial charge is 0.673 e. The van der Waals surface area contributed by atoms with E-state index in [1.165, 1.54) is 0 Å². The minimum Gasteiger partial charge on any atom is -0.418 e. The first-order valence-corrected chi connectivity index (χ1v) is 11.1. The summed E-state index contributed by atoms with van der Waals surface area (Å²) in [5, 5.41) is 0. The molecule has 0 aliphatic rings. The van der Waals surface area contributed by atoms with Crippen LogP contribution in [0.2, 0.25) is 0 Å². The highest BCUT2D eigenvalue weighted by Gasteiger charge is 2.25. The SMILES string of the molecule is F[B-](F)(F)F.O=c1ccccn1-[n+]1c(-c2ccccc2)cc(-c2ccccc2)cc1-c1ccccc1. The molecule has 0 spiro atoms. The lowest BCUT2D eigenvalue weighted by Gasteiger charge is -2.12. The van der Waals surface area contributed by atoms with Crippen LogP contribution in [0.4, 0.5) is 17.3 Å². The Labute approximate surface area is 205 Å². The fraction of sp³-hybridized carbons (Fsp3) is 0. The van der Waals surface area contributed by atoms with E-state index in [1.54, 1.807) is 16.8 Å². The molecule has 5 aromatic rings. The Bertz CT molecular complexity index is 1420. The van der Waals surface area contributed by atoms with Gasteiger partial charge in [0.1, 0.15) is 0 Å². The highest BCUT2D eigenvalue weighted by atomic mass is 19.5. The summed E-state index contributed by atoms with van der Waals surface area (Å²) >= 11 is 0. The molecule has 0 saturated carbocycles. The summed E-state index contributed by atoms with van der Waals surface area (Å²) in [5.74, 6) is 0. The quantitative estimate of drug-likeness (QED) is 0.156. The minimum absolute atomic E-state index is 0.0886. The maximum absolute atomic E-state index is 12.9. The number of hydrogen-bond donors (Lipinski definition) is 0. The molecule has 5 rings (SSSR count). The Kier molecular flexibility index (Phi) is 7.44. The van der Waals surface area contributed by atoms with Crippen molar-refractivity contribution in [2.75, 3.05) is 0 Å². The zero-order valence-corrected chi connectivity index (χ0v) is 19.0. The van der Waals surface area contributed by atoms with Crippen LogP contribution in [0, 0.1) is 0 Å². The Morgan fingerprint density at radius 3 is 1.33 bits per heavy atom. The van der Waals surface area contributed by atoms with Crippen LogP contribution in [0.3, 0.4) is 0 Å². The molecule has 0 amide bonds. The second kappa shape index (κ2) is 10.9. The summed E-state index contributed by atoms with van der Waals surface area (Å²) in [7, 11) is -6.00. The molecule has 0 unspecified atom stereocenters. The number of pyridine rings is 2. The van der Waals surface area contributed by atoms with Crippen molar-refractivity contribution in [2.45, 2.75) is 0 Å². The highest BCUT2D eigenvalue weighted by Crippen LogP contribution is 2.29. The lowest BCUT2D eigenvalue weighted by Crippen LogP contribution is -2.51. The van der Waals surface area contributed by atoms with Gasteiger partial charge in [0, 0.05) is 29.3 Å². The van der Waals surface area contributed by atoms with E-state index in [-0.39, 0.29) is 5.56 Å². The average molecular weight is 488 g/mol. The lowest BCUT2D eigenvalue weighted by molar-refractivity contribution is -0.709. The van der Waals surface area contributed by atoms with Crippen molar-refractivity contribution in [2.24, 2.45) is 0 Å². The first-order valence-electron chi connectivity index (χ1n) is 11.1. The summed E-state index contributed by atoms with van der Waals surface area (Å²) in [6.07, 6.45) is 1.81. The van der Waals surface area contributed by atoms with E-state index in [4.69, 9.17) is 0 Å². The van der Waals surface area contributed by atoms with E-state index < -0.39 is 7.25 Å². The van der Waals surface area contributed by atoms with Gasteiger partial charge in [-0.15, -0.1) is 0 Å². The zero-order chi connectivity index (χ0) is 25.5. The fourth-order valence-corrected chi connectivity index (χ4v) is 3.83. The van der Waals surface area contributed by atoms with Crippen molar-refractivity contribution in [3.63, 3.8) is 0 Å². The molecule has 180 valence electrons. The van der Waals surface area contributed by atoms with E-state index >= 15 is 0 Å². The summed E-state index contributed by atoms with van der Waals surface area (Å²) < 4.78 is 42.7. The van der Waals surface area contributed by atoms with Gasteiger partial charge in [-0.25, -0.2) is 0 Å². The minimum atomic E-state index is -6.00. The van der Waals surface area contributed by atoms with Gasteiger partial charge < -0.3 is 17.3 Å². The Hall–Kier alpha value is -4.46. The van der Waals surface area contributed by atoms with Gasteiger partial charge in [-0.1, -0.05) is 82.1 Å². The van der Waals surface area contributed by atoms with Gasteiger partial charge in [0.2, 0.25) is 11.4 Å². The monoisotopic (exact) mass is 488 g/mol. The van der Waals surface area contributed by atoms with Crippen LogP contribution in [0.25, 0.3) is 33.6 Å². The van der Waals surface area contributed by atoms with Crippen molar-refractivity contribution in [1.82, 2.24) is 4.68 Å². The molecule has 2 aromatic heterocycles. The van der Waals surface area contributed by atoms with Crippen LogP contribution in [0.15, 0.2) is 132 Å². The van der Waals surface area contributed by atoms with Crippen LogP contribution in [0.5, 0.6) is 0 Å². The molecule has 0 radical (unpaired) electrons. The average Bonchev–Trinajstić information content (AvgIpc) is 2.89. The fourth-order valence-electron chi connectivity index (χ4n) is 3.83. The molecule has 2 heterocycles. The summed E-state index contributed by atoms with van der Waals surface area (Å²) in [6, 6.07) is 40.2. The highest BCUT2D eigenvalue weighted by molar-refractivity contribution is 6.50. The van der Waals surface area contributed by atoms with Gasteiger partial charge >= 0.3 is 12.8 Å². The Morgan fingerprint density at radius 2 is 0.917 bits per heavy atom. The zero-order valence-electron chi connectivity index (χ0n) is 19.0. The number of benzene rings is 3. The van der Waals surface area contributed by atoms with Crippen LogP contribution in [-0.2, 0) is 0 Å². The van der Waals surface area contributed by atoms with Crippen molar-refractivity contribution >= 4 is 7.25 Å². The molecule has 36 heavy (non-hydrogen) atoms. The standard InChI is InChI=1S/C28H21N2O.BF4/c31-28-18-10-11-19-29(28)30-26(23-14-6-2-7-15-23)20-25(22-12-4-1-5-13-22)21-27(30)24-16-8-3-9-17-24;2-1(3,4)5/h1-21H;/q+1;-1. The van der Waals surface area contributed by atoms with Gasteiger partial charge in [0.15, 0.2) is 0 Å². The van der Waals surface area contributed by atoms with Crippen molar-refractivity contribution in [1.29, 1.82) is 0 Å². The molecule has 8 heteroatoms. The summed E-state index contributed by atoms with van der Waals surface area (Å²) in [4.78, 5) is 12.9. The molecule has 3 nitrogen and oxygen atoms in total. The molecular formula is C28H21BF4N2O. The maximum Gasteiger partial charge on any atom is 0.673 e. The third-order valence-electron chi connectivity index (χ3n) is 5.31. The third-order valence-corrected chi connectivity index (χ3v) is 5.31. The van der Waals surface area contributed by atoms with Crippen molar-refractivity contribution < 1.29 is 21.9 Å². The molecular weight excluding hydrogens is 467 g/mol. The van der Waals surface area contributed by atoms with E-state index in [1.807, 2.05) is 71.5 Å². The second-order valence-corrected chi connectivity index (χ2v) is 7.80. The number of aromatic nitrogens is 2. The molecule has 0 bridgehead atoms. The first kappa shape index (κ1) is 24.7. The predicted molar refractivity (Wildman–Crippen MR) is 135 cm³/mol. The smallest absolute Gasteiger partial charge is 0.418 e. The van der Waals surface area contributed by atoms with Gasteiger partial charge in [-0.3, -0.25) is 4.79 Å². The van der Waals surface area contributed by atoms with Gasteiger partial charge in [-0.2, -0.15) is 0 Å². The summed E-state index contributed by atoms with van der Waals surface area (Å²) in [6.45, 7) is 0. The lowest BCUT2D eigenvalue weighted by atomic mass is 9.99. The van der Waals surface area contributed by atoms with Crippen molar-refractivity contribution in [3.8, 4) is 33.6 Å². The number of hydrogen-bond acceptors (Lipinski definition) is 1. The topological polar surface area (TPSA) is 25.9 Å². The third kappa shape index (κ3) is 6.15. The second-order valence-electron chi connectivity index (χ2n) is 7.80. The number of rotatable bonds is 4. The normalized spacial score (nSPS) is 10.9. The van der Waals surface area contributed by atoms with E-state index in [2.05, 4.69) is 48.5 Å². The molecule has 0 aliphatic carbocycles. The van der Waals surface area contributed by atoms with Gasteiger partial charge in [-0.05, 0) is 41.5 Å². The van der Waals surface area contributed by atoms with Crippen LogP contribution < -0.4 is 10.2 Å². The summed E-state index contributed by atoms with van der Waals surface area (Å²) in [5.41, 5.74) is 6.09. The Balaban J connectivity index is 0.000000556. The Morgan fingerprint density at radius 1 is 0.528 bits per heavy atom. The van der Waals surface area contributed by atoms with Crippen LogP contribution in [-0.4, -0.2) is 11.9 Å². The van der Waals surface area contributed by atoms with E-state index in [9.17, 15) is 22.1 Å². The van der Waals surface area contributed by atoms with Crippen LogP contribution >= 0.6 is 0 Å². The van der Waals surface area contributed by atoms with E-state index in [0.29, 0.717) is 0 Å². The molecule has 0 aliphatic heterocycles. The van der Waals surface area contributed by atoms with E-state index in [0.717, 1.165) is 33.6 Å². The molecule has 0 saturated heterocycles. The van der Waals surface area contributed by atoms with Gasteiger partial charge in [0.25, 0.3) is 0 Å². The molecule has 0 N–H and O–H groups in total. The number of nitrogens with zero attached hydrogens (tertiary/aromatic N) is 2. The van der Waals surface area contributed by atoms with Crippen molar-refractivity contribution in [3.05, 3.63) is 138 Å². The predicted octanol–water partition coefficient (Wildman–Crippen LogP) is 6.75. The molecule has 0 atom stereocenters. The molecule has 3 aromatic carbocycles. The van der Waals surface area contributed by atoms with Gasteiger partial charge in [0.05, 0.1) is 6.20 Å². The maximum atomic E-state index is 12.9.